The fourth-order valence-electron chi connectivity index (χ4n) is 4.36. The summed E-state index contributed by atoms with van der Waals surface area (Å²) in [6.07, 6.45) is 4.81. The van der Waals surface area contributed by atoms with E-state index in [9.17, 15) is 18.0 Å². The van der Waals surface area contributed by atoms with E-state index >= 15 is 0 Å². The number of halogens is 4. The topological polar surface area (TPSA) is 74.2 Å². The highest BCUT2D eigenvalue weighted by atomic mass is 35.5. The van der Waals surface area contributed by atoms with E-state index in [4.69, 9.17) is 11.6 Å². The molecule has 3 N–H and O–H groups in total. The molecular weight excluding hydrogens is 561 g/mol. The van der Waals surface area contributed by atoms with Crippen molar-refractivity contribution in [2.45, 2.75) is 23.9 Å². The first-order valence-corrected chi connectivity index (χ1v) is 13.9. The number of pyridine rings is 1. The van der Waals surface area contributed by atoms with Gasteiger partial charge in [-0.25, -0.2) is 0 Å². The summed E-state index contributed by atoms with van der Waals surface area (Å²) in [4.78, 5) is 18.6. The Bertz CT molecular complexity index is 1410. The summed E-state index contributed by atoms with van der Waals surface area (Å²) in [5, 5.41) is 6.17. The summed E-state index contributed by atoms with van der Waals surface area (Å²) in [6, 6.07) is 13.5. The molecule has 0 bridgehead atoms. The Kier molecular flexibility index (Phi) is 10.3. The number of likely N-dealkylation sites (tertiary alicyclic amines) is 1. The van der Waals surface area contributed by atoms with E-state index in [1.54, 1.807) is 19.0 Å². The lowest BCUT2D eigenvalue weighted by Crippen LogP contribution is -2.27. The molecule has 0 saturated carbocycles. The molecule has 1 saturated heterocycles. The molecule has 0 aliphatic carbocycles. The van der Waals surface area contributed by atoms with Crippen molar-refractivity contribution in [3.05, 3.63) is 77.7 Å². The van der Waals surface area contributed by atoms with E-state index in [1.807, 2.05) is 36.7 Å². The molecule has 7 nitrogen and oxygen atoms in total. The Labute approximate surface area is 240 Å². The lowest BCUT2D eigenvalue weighted by molar-refractivity contribution is -0.137. The van der Waals surface area contributed by atoms with Crippen molar-refractivity contribution in [1.82, 2.24) is 19.2 Å². The highest BCUT2D eigenvalue weighted by molar-refractivity contribution is 7.97. The van der Waals surface area contributed by atoms with Crippen molar-refractivity contribution >= 4 is 52.2 Å². The first kappa shape index (κ1) is 29.7. The van der Waals surface area contributed by atoms with Gasteiger partial charge in [0.15, 0.2) is 0 Å². The molecule has 5 rings (SSSR count). The molecule has 0 unspecified atom stereocenters. The van der Waals surface area contributed by atoms with Gasteiger partial charge in [-0.05, 0) is 86.4 Å². The molecule has 12 heteroatoms. The van der Waals surface area contributed by atoms with Gasteiger partial charge in [0.25, 0.3) is 0 Å². The molecule has 212 valence electrons. The minimum Gasteiger partial charge on any atom is -0.388 e. The van der Waals surface area contributed by atoms with Crippen LogP contribution in [0.1, 0.15) is 18.4 Å². The third-order valence-corrected chi connectivity index (χ3v) is 7.64. The highest BCUT2D eigenvalue weighted by Crippen LogP contribution is 2.36. The Morgan fingerprint density at radius 2 is 1.80 bits per heavy atom. The lowest BCUT2D eigenvalue weighted by Gasteiger charge is -2.14. The van der Waals surface area contributed by atoms with Crippen LogP contribution in [0.25, 0.3) is 16.6 Å². The number of rotatable bonds is 9. The summed E-state index contributed by atoms with van der Waals surface area (Å²) in [5.41, 5.74) is 2.45. The van der Waals surface area contributed by atoms with E-state index in [0.29, 0.717) is 12.1 Å². The van der Waals surface area contributed by atoms with E-state index in [0.717, 1.165) is 36.0 Å². The van der Waals surface area contributed by atoms with Gasteiger partial charge < -0.3 is 20.1 Å². The lowest BCUT2D eigenvalue weighted by atomic mass is 10.2. The summed E-state index contributed by atoms with van der Waals surface area (Å²) < 4.78 is 42.4. The Balaban J connectivity index is 0.000000240. The minimum absolute atomic E-state index is 0.286. The molecule has 0 spiro atoms. The average Bonchev–Trinajstić information content (AvgIpc) is 3.60. The van der Waals surface area contributed by atoms with Gasteiger partial charge in [-0.2, -0.15) is 13.2 Å². The van der Waals surface area contributed by atoms with Gasteiger partial charge in [-0.1, -0.05) is 11.6 Å². The van der Waals surface area contributed by atoms with Crippen LogP contribution in [0.5, 0.6) is 0 Å². The summed E-state index contributed by atoms with van der Waals surface area (Å²) in [7, 11) is 1.55. The third-order valence-electron chi connectivity index (χ3n) is 6.41. The van der Waals surface area contributed by atoms with Gasteiger partial charge in [0.2, 0.25) is 6.41 Å². The van der Waals surface area contributed by atoms with Crippen molar-refractivity contribution in [3.63, 3.8) is 0 Å². The predicted octanol–water partition coefficient (Wildman–Crippen LogP) is 6.69. The van der Waals surface area contributed by atoms with Crippen molar-refractivity contribution in [2.24, 2.45) is 0 Å². The molecule has 1 aliphatic rings. The van der Waals surface area contributed by atoms with Gasteiger partial charge in [-0.3, -0.25) is 14.5 Å². The normalized spacial score (nSPS) is 13.6. The smallest absolute Gasteiger partial charge is 0.388 e. The molecule has 1 fully saturated rings. The zero-order chi connectivity index (χ0) is 28.5. The van der Waals surface area contributed by atoms with Gasteiger partial charge in [0.05, 0.1) is 22.3 Å². The number of benzene rings is 2. The van der Waals surface area contributed by atoms with Crippen LogP contribution < -0.4 is 15.4 Å². The van der Waals surface area contributed by atoms with Crippen LogP contribution in [0.2, 0.25) is 5.02 Å². The number of anilines is 2. The van der Waals surface area contributed by atoms with Crippen LogP contribution in [0.3, 0.4) is 0 Å². The Morgan fingerprint density at radius 3 is 2.48 bits per heavy atom. The maximum Gasteiger partial charge on any atom is 0.417 e. The number of hydrogen-bond donors (Lipinski definition) is 3. The second kappa shape index (κ2) is 13.9. The predicted molar refractivity (Wildman–Crippen MR) is 156 cm³/mol. The van der Waals surface area contributed by atoms with Crippen LogP contribution in [-0.2, 0) is 11.0 Å². The summed E-state index contributed by atoms with van der Waals surface area (Å²) in [6.45, 7) is 4.52. The second-order valence-electron chi connectivity index (χ2n) is 9.05. The van der Waals surface area contributed by atoms with Gasteiger partial charge in [-0.15, -0.1) is 0 Å². The molecule has 4 aromatic rings. The number of nitrogens with one attached hydrogen (secondary N) is 3. The van der Waals surface area contributed by atoms with Crippen LogP contribution >= 0.6 is 23.5 Å². The first-order chi connectivity index (χ1) is 19.3. The first-order valence-electron chi connectivity index (χ1n) is 12.7. The van der Waals surface area contributed by atoms with Crippen molar-refractivity contribution in [3.8, 4) is 5.69 Å². The molecule has 3 heterocycles. The second-order valence-corrected chi connectivity index (χ2v) is 10.4. The molecule has 2 aromatic heterocycles. The van der Waals surface area contributed by atoms with Crippen LogP contribution in [-0.4, -0.2) is 54.1 Å². The molecular formula is C28H30ClF3N6OS. The number of aromatic nitrogens is 2. The zero-order valence-electron chi connectivity index (χ0n) is 21.8. The van der Waals surface area contributed by atoms with Gasteiger partial charge >= 0.3 is 6.18 Å². The largest absolute Gasteiger partial charge is 0.417 e. The number of carbonyl (C=O) groups is 1. The quantitative estimate of drug-likeness (QED) is 0.115. The number of fused-ring (bicyclic) bond motifs is 1. The number of nitrogens with zero attached hydrogens (tertiary/aromatic N) is 3. The molecule has 0 atom stereocenters. The fraction of sp³-hybridized carbons (Fsp3) is 0.286. The summed E-state index contributed by atoms with van der Waals surface area (Å²) in [5.74, 6) is 0. The maximum absolute atomic E-state index is 12.3. The molecule has 40 heavy (non-hydrogen) atoms. The molecule has 2 aromatic carbocycles. The zero-order valence-corrected chi connectivity index (χ0v) is 23.4. The van der Waals surface area contributed by atoms with Crippen molar-refractivity contribution in [2.75, 3.05) is 43.9 Å². The van der Waals surface area contributed by atoms with E-state index in [2.05, 4.69) is 42.1 Å². The van der Waals surface area contributed by atoms with Gasteiger partial charge in [0, 0.05) is 59.9 Å². The third kappa shape index (κ3) is 7.69. The van der Waals surface area contributed by atoms with Crippen LogP contribution in [0, 0.1) is 0 Å². The molecule has 0 radical (unpaired) electrons. The maximum atomic E-state index is 12.3. The SMILES string of the molecule is CNc1ccc(Cl)c(C(F)(F)F)c1.O=CNc1ccc(-n2cc(SNCCN3CCCC3)c3ccncc32)cc1. The monoisotopic (exact) mass is 590 g/mol. The highest BCUT2D eigenvalue weighted by Gasteiger charge is 2.33. The van der Waals surface area contributed by atoms with Crippen molar-refractivity contribution in [1.29, 1.82) is 0 Å². The number of hydrogen-bond acceptors (Lipinski definition) is 6. The minimum atomic E-state index is -4.40. The average molecular weight is 591 g/mol. The standard InChI is InChI=1S/C20H23N5OS.C8H7ClF3N/c26-15-22-16-3-5-17(6-4-16)25-14-20(18-7-8-21-13-19(18)25)27-23-9-12-24-10-1-2-11-24;1-13-5-2-3-7(9)6(4-5)8(10,11)12/h3-8,13-15,23H,1-2,9-12H2,(H,22,26);2-4,13H,1H3. The summed E-state index contributed by atoms with van der Waals surface area (Å²) >= 11 is 7.07. The van der Waals surface area contributed by atoms with Crippen LogP contribution in [0.15, 0.2) is 72.0 Å². The van der Waals surface area contributed by atoms with E-state index in [-0.39, 0.29) is 5.02 Å². The van der Waals surface area contributed by atoms with E-state index < -0.39 is 11.7 Å². The molecule has 1 amide bonds. The number of alkyl halides is 3. The fourth-order valence-corrected chi connectivity index (χ4v) is 5.38. The van der Waals surface area contributed by atoms with Crippen molar-refractivity contribution < 1.29 is 18.0 Å². The van der Waals surface area contributed by atoms with Crippen LogP contribution in [0.4, 0.5) is 24.5 Å². The number of carbonyl (C=O) groups excluding carboxylic acids is 1. The van der Waals surface area contributed by atoms with E-state index in [1.165, 1.54) is 48.3 Å². The van der Waals surface area contributed by atoms with Gasteiger partial charge in [0.1, 0.15) is 0 Å². The molecule has 1 aliphatic heterocycles. The Morgan fingerprint density at radius 1 is 1.07 bits per heavy atom. The number of amides is 1. The Hall–Kier alpha value is -3.25.